The molecule has 3 rings (SSSR count). The lowest BCUT2D eigenvalue weighted by atomic mass is 9.98. The lowest BCUT2D eigenvalue weighted by Crippen LogP contribution is -2.34. The van der Waals surface area contributed by atoms with Crippen molar-refractivity contribution in [2.24, 2.45) is 0 Å². The molecule has 1 aromatic heterocycles. The quantitative estimate of drug-likeness (QED) is 0.944. The van der Waals surface area contributed by atoms with E-state index >= 15 is 0 Å². The number of pyridine rings is 1. The second kappa shape index (κ2) is 6.99. The largest absolute Gasteiger partial charge is 0.315 e. The van der Waals surface area contributed by atoms with Crippen molar-refractivity contribution < 1.29 is 4.39 Å². The topological polar surface area (TPSA) is 28.2 Å². The van der Waals surface area contributed by atoms with Gasteiger partial charge in [-0.3, -0.25) is 9.88 Å². The van der Waals surface area contributed by atoms with Gasteiger partial charge in [-0.1, -0.05) is 18.2 Å². The number of aromatic nitrogens is 1. The Morgan fingerprint density at radius 3 is 2.91 bits per heavy atom. The van der Waals surface area contributed by atoms with Gasteiger partial charge in [0.2, 0.25) is 0 Å². The molecule has 1 N–H and O–H groups in total. The first-order valence-electron chi connectivity index (χ1n) is 7.87. The summed E-state index contributed by atoms with van der Waals surface area (Å²) in [5.41, 5.74) is 3.15. The van der Waals surface area contributed by atoms with Crippen molar-refractivity contribution in [2.45, 2.75) is 19.4 Å². The fraction of sp³-hybridized carbons (Fsp3) is 0.389. The Morgan fingerprint density at radius 1 is 1.18 bits per heavy atom. The molecule has 3 nitrogen and oxygen atoms in total. The summed E-state index contributed by atoms with van der Waals surface area (Å²) >= 11 is 0. The fourth-order valence-electron chi connectivity index (χ4n) is 3.13. The third kappa shape index (κ3) is 3.34. The Bertz CT molecular complexity index is 621. The molecule has 1 saturated heterocycles. The van der Waals surface area contributed by atoms with E-state index in [1.807, 2.05) is 18.3 Å². The van der Waals surface area contributed by atoms with E-state index < -0.39 is 0 Å². The number of rotatable bonds is 3. The lowest BCUT2D eigenvalue weighted by Gasteiger charge is -2.31. The van der Waals surface area contributed by atoms with E-state index in [9.17, 15) is 4.39 Å². The molecule has 0 bridgehead atoms. The molecule has 0 saturated carbocycles. The standard InChI is InChI=1S/C18H22FN3/c1-14-5-3-9-21-17(14)18(15-6-2-7-16(19)13-15)22-11-4-8-20-10-12-22/h2-3,5-7,9,13,18,20H,4,8,10-12H2,1H3. The van der Waals surface area contributed by atoms with E-state index in [1.165, 1.54) is 6.07 Å². The Morgan fingerprint density at radius 2 is 2.09 bits per heavy atom. The summed E-state index contributed by atoms with van der Waals surface area (Å²) in [6.07, 6.45) is 2.92. The van der Waals surface area contributed by atoms with E-state index in [0.717, 1.165) is 49.4 Å². The SMILES string of the molecule is Cc1cccnc1C(c1cccc(F)c1)N1CCCNCC1. The number of halogens is 1. The molecule has 0 radical (unpaired) electrons. The average molecular weight is 299 g/mol. The molecule has 22 heavy (non-hydrogen) atoms. The van der Waals surface area contributed by atoms with Gasteiger partial charge in [0, 0.05) is 25.8 Å². The monoisotopic (exact) mass is 299 g/mol. The molecule has 0 aliphatic carbocycles. The third-order valence-electron chi connectivity index (χ3n) is 4.21. The molecule has 1 aliphatic rings. The molecule has 2 heterocycles. The highest BCUT2D eigenvalue weighted by Gasteiger charge is 2.25. The van der Waals surface area contributed by atoms with Crippen molar-refractivity contribution in [3.63, 3.8) is 0 Å². The maximum Gasteiger partial charge on any atom is 0.123 e. The van der Waals surface area contributed by atoms with E-state index in [-0.39, 0.29) is 11.9 Å². The van der Waals surface area contributed by atoms with Crippen LogP contribution >= 0.6 is 0 Å². The zero-order valence-corrected chi connectivity index (χ0v) is 12.9. The van der Waals surface area contributed by atoms with Crippen LogP contribution in [-0.4, -0.2) is 36.1 Å². The van der Waals surface area contributed by atoms with E-state index in [0.29, 0.717) is 0 Å². The fourth-order valence-corrected chi connectivity index (χ4v) is 3.13. The molecule has 2 aromatic rings. The van der Waals surface area contributed by atoms with Crippen molar-refractivity contribution in [3.8, 4) is 0 Å². The first kappa shape index (κ1) is 15.1. The minimum atomic E-state index is -0.191. The van der Waals surface area contributed by atoms with Crippen LogP contribution in [0.15, 0.2) is 42.6 Å². The predicted octanol–water partition coefficient (Wildman–Crippen LogP) is 2.91. The predicted molar refractivity (Wildman–Crippen MR) is 86.3 cm³/mol. The van der Waals surface area contributed by atoms with Gasteiger partial charge in [0.1, 0.15) is 5.82 Å². The second-order valence-electron chi connectivity index (χ2n) is 5.80. The zero-order valence-electron chi connectivity index (χ0n) is 12.9. The minimum Gasteiger partial charge on any atom is -0.315 e. The second-order valence-corrected chi connectivity index (χ2v) is 5.80. The van der Waals surface area contributed by atoms with Crippen molar-refractivity contribution in [1.82, 2.24) is 15.2 Å². The van der Waals surface area contributed by atoms with Crippen LogP contribution in [0.25, 0.3) is 0 Å². The van der Waals surface area contributed by atoms with Gasteiger partial charge < -0.3 is 5.32 Å². The van der Waals surface area contributed by atoms with Crippen molar-refractivity contribution in [3.05, 3.63) is 65.2 Å². The highest BCUT2D eigenvalue weighted by atomic mass is 19.1. The normalized spacial score (nSPS) is 17.9. The molecule has 1 aliphatic heterocycles. The molecule has 1 aromatic carbocycles. The zero-order chi connectivity index (χ0) is 15.4. The van der Waals surface area contributed by atoms with Crippen molar-refractivity contribution in [2.75, 3.05) is 26.2 Å². The van der Waals surface area contributed by atoms with E-state index in [1.54, 1.807) is 12.1 Å². The number of hydrogen-bond acceptors (Lipinski definition) is 3. The summed E-state index contributed by atoms with van der Waals surface area (Å²) < 4.78 is 13.7. The number of aryl methyl sites for hydroxylation is 1. The highest BCUT2D eigenvalue weighted by Crippen LogP contribution is 2.30. The molecule has 0 spiro atoms. The summed E-state index contributed by atoms with van der Waals surface area (Å²) in [6.45, 7) is 6.00. The van der Waals surface area contributed by atoms with Crippen LogP contribution in [0.2, 0.25) is 0 Å². The molecule has 4 heteroatoms. The molecule has 0 amide bonds. The van der Waals surface area contributed by atoms with Crippen LogP contribution in [0.3, 0.4) is 0 Å². The molecule has 1 atom stereocenters. The Balaban J connectivity index is 2.03. The first-order chi connectivity index (χ1) is 10.8. The Labute approximate surface area is 131 Å². The Hall–Kier alpha value is -1.78. The number of hydrogen-bond donors (Lipinski definition) is 1. The number of nitrogens with one attached hydrogen (secondary N) is 1. The van der Waals surface area contributed by atoms with Crippen LogP contribution in [0.4, 0.5) is 4.39 Å². The maximum absolute atomic E-state index is 13.7. The molecule has 1 fully saturated rings. The number of benzene rings is 1. The molecular weight excluding hydrogens is 277 g/mol. The first-order valence-corrected chi connectivity index (χ1v) is 7.87. The summed E-state index contributed by atoms with van der Waals surface area (Å²) in [4.78, 5) is 7.01. The van der Waals surface area contributed by atoms with Gasteiger partial charge in [0.15, 0.2) is 0 Å². The summed E-state index contributed by atoms with van der Waals surface area (Å²) in [6, 6.07) is 11.0. The van der Waals surface area contributed by atoms with Crippen LogP contribution in [0.1, 0.15) is 29.3 Å². The summed E-state index contributed by atoms with van der Waals surface area (Å²) in [5.74, 6) is -0.191. The van der Waals surface area contributed by atoms with Gasteiger partial charge in [0.05, 0.1) is 11.7 Å². The van der Waals surface area contributed by atoms with Gasteiger partial charge in [-0.05, 0) is 49.2 Å². The minimum absolute atomic E-state index is 0.0109. The van der Waals surface area contributed by atoms with Gasteiger partial charge >= 0.3 is 0 Å². The van der Waals surface area contributed by atoms with Crippen molar-refractivity contribution >= 4 is 0 Å². The van der Waals surface area contributed by atoms with Crippen LogP contribution < -0.4 is 5.32 Å². The molecule has 1 unspecified atom stereocenters. The van der Waals surface area contributed by atoms with Crippen LogP contribution in [0, 0.1) is 12.7 Å². The Kier molecular flexibility index (Phi) is 4.80. The maximum atomic E-state index is 13.7. The summed E-state index contributed by atoms with van der Waals surface area (Å²) in [7, 11) is 0. The van der Waals surface area contributed by atoms with Gasteiger partial charge in [-0.2, -0.15) is 0 Å². The highest BCUT2D eigenvalue weighted by molar-refractivity contribution is 5.32. The van der Waals surface area contributed by atoms with Crippen molar-refractivity contribution in [1.29, 1.82) is 0 Å². The smallest absolute Gasteiger partial charge is 0.123 e. The summed E-state index contributed by atoms with van der Waals surface area (Å²) in [5, 5.41) is 3.42. The lowest BCUT2D eigenvalue weighted by molar-refractivity contribution is 0.236. The van der Waals surface area contributed by atoms with E-state index in [4.69, 9.17) is 0 Å². The van der Waals surface area contributed by atoms with Gasteiger partial charge in [0.25, 0.3) is 0 Å². The van der Waals surface area contributed by atoms with Gasteiger partial charge in [-0.15, -0.1) is 0 Å². The van der Waals surface area contributed by atoms with Crippen LogP contribution in [0.5, 0.6) is 0 Å². The third-order valence-corrected chi connectivity index (χ3v) is 4.21. The molecular formula is C18H22FN3. The van der Waals surface area contributed by atoms with E-state index in [2.05, 4.69) is 28.2 Å². The van der Waals surface area contributed by atoms with Crippen LogP contribution in [-0.2, 0) is 0 Å². The number of nitrogens with zero attached hydrogens (tertiary/aromatic N) is 2. The van der Waals surface area contributed by atoms with Gasteiger partial charge in [-0.25, -0.2) is 4.39 Å². The molecule has 116 valence electrons. The average Bonchev–Trinajstić information content (AvgIpc) is 2.79.